The highest BCUT2D eigenvalue weighted by Crippen LogP contribution is 2.22. The van der Waals surface area contributed by atoms with Crippen LogP contribution in [0.3, 0.4) is 0 Å². The Kier molecular flexibility index (Phi) is 2.13. The average Bonchev–Trinajstić information content (AvgIpc) is 2.57. The maximum Gasteiger partial charge on any atom is 0.263 e. The number of nitrogens with two attached hydrogens (primary N) is 1. The number of hydrogen-bond acceptors (Lipinski definition) is 6. The molecule has 0 aliphatic carbocycles. The molecule has 2 aromatic rings. The van der Waals surface area contributed by atoms with Crippen molar-refractivity contribution in [2.45, 2.75) is 10.4 Å². The SMILES string of the molecule is Nc1ccnc(Sc2ncco2)n1. The van der Waals surface area contributed by atoms with Crippen LogP contribution in [0.2, 0.25) is 0 Å². The van der Waals surface area contributed by atoms with Gasteiger partial charge >= 0.3 is 0 Å². The monoisotopic (exact) mass is 194 g/mol. The molecular weight excluding hydrogens is 188 g/mol. The molecule has 0 aromatic carbocycles. The number of anilines is 1. The second-order valence-corrected chi connectivity index (χ2v) is 3.08. The molecule has 0 atom stereocenters. The van der Waals surface area contributed by atoms with Gasteiger partial charge < -0.3 is 10.2 Å². The van der Waals surface area contributed by atoms with Crippen molar-refractivity contribution >= 4 is 17.6 Å². The van der Waals surface area contributed by atoms with Gasteiger partial charge in [0.1, 0.15) is 12.1 Å². The third kappa shape index (κ3) is 1.97. The summed E-state index contributed by atoms with van der Waals surface area (Å²) >= 11 is 1.23. The highest BCUT2D eigenvalue weighted by atomic mass is 32.2. The van der Waals surface area contributed by atoms with E-state index in [9.17, 15) is 0 Å². The summed E-state index contributed by atoms with van der Waals surface area (Å²) in [6.07, 6.45) is 4.65. The molecule has 0 aliphatic heterocycles. The van der Waals surface area contributed by atoms with E-state index in [0.717, 1.165) is 0 Å². The maximum absolute atomic E-state index is 5.47. The fourth-order valence-corrected chi connectivity index (χ4v) is 1.38. The molecular formula is C7H6N4OS. The topological polar surface area (TPSA) is 77.8 Å². The molecule has 2 heterocycles. The van der Waals surface area contributed by atoms with Gasteiger partial charge in [-0.25, -0.2) is 15.0 Å². The Morgan fingerprint density at radius 3 is 2.92 bits per heavy atom. The first-order chi connectivity index (χ1) is 6.34. The lowest BCUT2D eigenvalue weighted by atomic mass is 10.6. The van der Waals surface area contributed by atoms with Crippen molar-refractivity contribution in [1.29, 1.82) is 0 Å². The smallest absolute Gasteiger partial charge is 0.263 e. The summed E-state index contributed by atoms with van der Waals surface area (Å²) in [5.41, 5.74) is 5.47. The average molecular weight is 194 g/mol. The van der Waals surface area contributed by atoms with Gasteiger partial charge in [-0.2, -0.15) is 0 Å². The van der Waals surface area contributed by atoms with Gasteiger partial charge in [0.15, 0.2) is 5.16 Å². The lowest BCUT2D eigenvalue weighted by molar-refractivity contribution is 0.453. The molecule has 2 aromatic heterocycles. The number of hydrogen-bond donors (Lipinski definition) is 1. The van der Waals surface area contributed by atoms with Crippen molar-refractivity contribution in [1.82, 2.24) is 15.0 Å². The van der Waals surface area contributed by atoms with Gasteiger partial charge in [0.05, 0.1) is 6.20 Å². The first-order valence-corrected chi connectivity index (χ1v) is 4.32. The molecule has 66 valence electrons. The fourth-order valence-electron chi connectivity index (χ4n) is 0.742. The Morgan fingerprint density at radius 2 is 2.23 bits per heavy atom. The zero-order valence-electron chi connectivity index (χ0n) is 6.54. The molecule has 0 radical (unpaired) electrons. The Morgan fingerprint density at radius 1 is 1.31 bits per heavy atom. The third-order valence-corrected chi connectivity index (χ3v) is 2.00. The van der Waals surface area contributed by atoms with Gasteiger partial charge in [-0.3, -0.25) is 0 Å². The van der Waals surface area contributed by atoms with Crippen molar-refractivity contribution in [3.63, 3.8) is 0 Å². The van der Waals surface area contributed by atoms with E-state index in [1.165, 1.54) is 18.0 Å². The molecule has 0 bridgehead atoms. The summed E-state index contributed by atoms with van der Waals surface area (Å²) in [7, 11) is 0. The number of nitrogen functional groups attached to an aromatic ring is 1. The van der Waals surface area contributed by atoms with Crippen LogP contribution >= 0.6 is 11.8 Å². The van der Waals surface area contributed by atoms with Crippen LogP contribution in [0.25, 0.3) is 0 Å². The number of nitrogens with zero attached hydrogens (tertiary/aromatic N) is 3. The second-order valence-electron chi connectivity index (χ2n) is 2.16. The zero-order valence-corrected chi connectivity index (χ0v) is 7.36. The predicted molar refractivity (Wildman–Crippen MR) is 47.1 cm³/mol. The van der Waals surface area contributed by atoms with Gasteiger partial charge in [-0.15, -0.1) is 0 Å². The summed E-state index contributed by atoms with van der Waals surface area (Å²) in [6.45, 7) is 0. The van der Waals surface area contributed by atoms with Gasteiger partial charge in [0, 0.05) is 18.0 Å². The van der Waals surface area contributed by atoms with Gasteiger partial charge in [0.25, 0.3) is 5.22 Å². The van der Waals surface area contributed by atoms with Crippen LogP contribution in [0.1, 0.15) is 0 Å². The van der Waals surface area contributed by atoms with E-state index in [0.29, 0.717) is 16.2 Å². The van der Waals surface area contributed by atoms with Crippen molar-refractivity contribution in [3.8, 4) is 0 Å². The summed E-state index contributed by atoms with van der Waals surface area (Å²) < 4.78 is 5.01. The van der Waals surface area contributed by atoms with Crippen molar-refractivity contribution < 1.29 is 4.42 Å². The zero-order chi connectivity index (χ0) is 9.10. The molecule has 0 aliphatic rings. The van der Waals surface area contributed by atoms with E-state index in [-0.39, 0.29) is 0 Å². The lowest BCUT2D eigenvalue weighted by Crippen LogP contribution is -1.92. The Hall–Kier alpha value is -1.56. The second kappa shape index (κ2) is 3.44. The molecule has 6 heteroatoms. The van der Waals surface area contributed by atoms with Crippen molar-refractivity contribution in [3.05, 3.63) is 24.7 Å². The predicted octanol–water partition coefficient (Wildman–Crippen LogP) is 1.20. The van der Waals surface area contributed by atoms with Crippen LogP contribution in [-0.4, -0.2) is 15.0 Å². The standard InChI is InChI=1S/C7H6N4OS/c8-5-1-2-9-6(11-5)13-7-10-3-4-12-7/h1-4H,(H2,8,9,11). The van der Waals surface area contributed by atoms with Crippen LogP contribution in [0.15, 0.2) is 39.5 Å². The minimum Gasteiger partial charge on any atom is -0.440 e. The fraction of sp³-hybridized carbons (Fsp3) is 0. The quantitative estimate of drug-likeness (QED) is 0.724. The Balaban J connectivity index is 2.19. The molecule has 0 saturated heterocycles. The van der Waals surface area contributed by atoms with E-state index in [4.69, 9.17) is 10.2 Å². The molecule has 0 saturated carbocycles. The largest absolute Gasteiger partial charge is 0.440 e. The minimum absolute atomic E-state index is 0.434. The Bertz CT molecular complexity index is 389. The molecule has 2 N–H and O–H groups in total. The molecule has 13 heavy (non-hydrogen) atoms. The van der Waals surface area contributed by atoms with E-state index < -0.39 is 0 Å². The first-order valence-electron chi connectivity index (χ1n) is 3.50. The van der Waals surface area contributed by atoms with Crippen LogP contribution in [0, 0.1) is 0 Å². The third-order valence-electron chi connectivity index (χ3n) is 1.24. The highest BCUT2D eigenvalue weighted by Gasteiger charge is 2.03. The van der Waals surface area contributed by atoms with E-state index >= 15 is 0 Å². The molecule has 0 spiro atoms. The lowest BCUT2D eigenvalue weighted by Gasteiger charge is -1.95. The highest BCUT2D eigenvalue weighted by molar-refractivity contribution is 7.98. The summed E-state index contributed by atoms with van der Waals surface area (Å²) in [6, 6.07) is 1.62. The van der Waals surface area contributed by atoms with E-state index in [1.54, 1.807) is 18.5 Å². The van der Waals surface area contributed by atoms with Crippen LogP contribution in [0.4, 0.5) is 5.82 Å². The summed E-state index contributed by atoms with van der Waals surface area (Å²) in [5, 5.41) is 1.04. The van der Waals surface area contributed by atoms with Crippen molar-refractivity contribution in [2.24, 2.45) is 0 Å². The Labute approximate surface area is 78.4 Å². The summed E-state index contributed by atoms with van der Waals surface area (Å²) in [4.78, 5) is 11.9. The van der Waals surface area contributed by atoms with Gasteiger partial charge in [0.2, 0.25) is 0 Å². The first kappa shape index (κ1) is 8.06. The molecule has 2 rings (SSSR count). The van der Waals surface area contributed by atoms with Gasteiger partial charge in [-0.1, -0.05) is 0 Å². The molecule has 5 nitrogen and oxygen atoms in total. The molecule has 0 amide bonds. The van der Waals surface area contributed by atoms with Crippen LogP contribution in [0.5, 0.6) is 0 Å². The summed E-state index contributed by atoms with van der Waals surface area (Å²) in [5.74, 6) is 0.434. The van der Waals surface area contributed by atoms with Gasteiger partial charge in [-0.05, 0) is 6.07 Å². The normalized spacial score (nSPS) is 10.2. The van der Waals surface area contributed by atoms with Crippen molar-refractivity contribution in [2.75, 3.05) is 5.73 Å². The number of oxazole rings is 1. The number of aromatic nitrogens is 3. The molecule has 0 fully saturated rings. The maximum atomic E-state index is 5.47. The minimum atomic E-state index is 0.434. The van der Waals surface area contributed by atoms with Crippen LogP contribution < -0.4 is 5.73 Å². The van der Waals surface area contributed by atoms with E-state index in [1.807, 2.05) is 0 Å². The van der Waals surface area contributed by atoms with E-state index in [2.05, 4.69) is 15.0 Å². The molecule has 0 unspecified atom stereocenters. The van der Waals surface area contributed by atoms with Crippen LogP contribution in [-0.2, 0) is 0 Å². The number of rotatable bonds is 2.